The quantitative estimate of drug-likeness (QED) is 0.814. The Morgan fingerprint density at radius 1 is 1.21 bits per heavy atom. The van der Waals surface area contributed by atoms with Gasteiger partial charge in [0, 0.05) is 17.6 Å². The molecular formula is C13H13F3N2S. The van der Waals surface area contributed by atoms with Crippen LogP contribution in [0.1, 0.15) is 31.2 Å². The topological polar surface area (TPSA) is 17.3 Å². The Morgan fingerprint density at radius 3 is 2.63 bits per heavy atom. The predicted octanol–water partition coefficient (Wildman–Crippen LogP) is 4.39. The van der Waals surface area contributed by atoms with E-state index in [0.717, 1.165) is 18.9 Å². The van der Waals surface area contributed by atoms with Crippen molar-refractivity contribution in [3.63, 3.8) is 0 Å². The first-order valence-electron chi connectivity index (χ1n) is 6.25. The first-order valence-corrected chi connectivity index (χ1v) is 7.13. The van der Waals surface area contributed by atoms with Crippen molar-refractivity contribution < 1.29 is 13.2 Å². The maximum absolute atomic E-state index is 12.9. The molecule has 0 saturated heterocycles. The fourth-order valence-corrected chi connectivity index (χ4v) is 3.80. The number of hydrogen-bond donors (Lipinski definition) is 0. The molecule has 0 bridgehead atoms. The van der Waals surface area contributed by atoms with E-state index in [1.165, 1.54) is 36.9 Å². The highest BCUT2D eigenvalue weighted by atomic mass is 32.2. The van der Waals surface area contributed by atoms with Crippen LogP contribution in [0.15, 0.2) is 29.6 Å². The van der Waals surface area contributed by atoms with Crippen molar-refractivity contribution in [2.45, 2.75) is 42.1 Å². The summed E-state index contributed by atoms with van der Waals surface area (Å²) in [6.45, 7) is 0. The number of halogens is 3. The SMILES string of the molecule is FC(F)(F)c1cc(SC2CCCC2)n2ccnc2c1. The molecular weight excluding hydrogens is 273 g/mol. The van der Waals surface area contributed by atoms with Crippen molar-refractivity contribution in [2.75, 3.05) is 0 Å². The predicted molar refractivity (Wildman–Crippen MR) is 68.3 cm³/mol. The van der Waals surface area contributed by atoms with E-state index in [-0.39, 0.29) is 0 Å². The lowest BCUT2D eigenvalue weighted by Gasteiger charge is -2.14. The highest BCUT2D eigenvalue weighted by molar-refractivity contribution is 7.99. The zero-order chi connectivity index (χ0) is 13.5. The minimum Gasteiger partial charge on any atom is -0.294 e. The number of thioether (sulfide) groups is 1. The molecule has 0 aliphatic heterocycles. The molecule has 1 aliphatic carbocycles. The molecule has 102 valence electrons. The van der Waals surface area contributed by atoms with Gasteiger partial charge in [0.1, 0.15) is 5.65 Å². The Balaban J connectivity index is 2.02. The fraction of sp³-hybridized carbons (Fsp3) is 0.462. The number of aromatic nitrogens is 2. The van der Waals surface area contributed by atoms with Gasteiger partial charge >= 0.3 is 6.18 Å². The van der Waals surface area contributed by atoms with Crippen LogP contribution in [0.2, 0.25) is 0 Å². The van der Waals surface area contributed by atoms with Gasteiger partial charge in [-0.2, -0.15) is 13.2 Å². The molecule has 2 aromatic heterocycles. The highest BCUT2D eigenvalue weighted by Gasteiger charge is 2.32. The van der Waals surface area contributed by atoms with Gasteiger partial charge in [0.15, 0.2) is 0 Å². The van der Waals surface area contributed by atoms with E-state index < -0.39 is 11.7 Å². The van der Waals surface area contributed by atoms with Crippen molar-refractivity contribution in [1.29, 1.82) is 0 Å². The smallest absolute Gasteiger partial charge is 0.294 e. The third-order valence-electron chi connectivity index (χ3n) is 3.39. The summed E-state index contributed by atoms with van der Waals surface area (Å²) in [5, 5.41) is 1.06. The number of hydrogen-bond acceptors (Lipinski definition) is 2. The van der Waals surface area contributed by atoms with E-state index in [1.807, 2.05) is 0 Å². The van der Waals surface area contributed by atoms with Crippen LogP contribution < -0.4 is 0 Å². The van der Waals surface area contributed by atoms with Gasteiger partial charge in [0.2, 0.25) is 0 Å². The first kappa shape index (κ1) is 12.8. The number of pyridine rings is 1. The average molecular weight is 286 g/mol. The van der Waals surface area contributed by atoms with Crippen molar-refractivity contribution in [3.05, 3.63) is 30.1 Å². The summed E-state index contributed by atoms with van der Waals surface area (Å²) in [5.74, 6) is 0. The molecule has 1 fully saturated rings. The minimum atomic E-state index is -4.32. The summed E-state index contributed by atoms with van der Waals surface area (Å²) in [7, 11) is 0. The standard InChI is InChI=1S/C13H13F3N2S/c14-13(15,16)9-7-11-17-5-6-18(11)12(8-9)19-10-3-1-2-4-10/h5-8,10H,1-4H2. The molecule has 2 heterocycles. The fourth-order valence-electron chi connectivity index (χ4n) is 2.42. The molecule has 0 radical (unpaired) electrons. The minimum absolute atomic E-state index is 0.357. The molecule has 6 heteroatoms. The van der Waals surface area contributed by atoms with Crippen LogP contribution in [0, 0.1) is 0 Å². The van der Waals surface area contributed by atoms with E-state index >= 15 is 0 Å². The molecule has 19 heavy (non-hydrogen) atoms. The first-order chi connectivity index (χ1) is 9.04. The lowest BCUT2D eigenvalue weighted by Crippen LogP contribution is -2.07. The molecule has 2 aromatic rings. The molecule has 2 nitrogen and oxygen atoms in total. The van der Waals surface area contributed by atoms with E-state index in [1.54, 1.807) is 10.6 Å². The second-order valence-corrected chi connectivity index (χ2v) is 6.08. The Labute approximate surface area is 113 Å². The Morgan fingerprint density at radius 2 is 1.95 bits per heavy atom. The van der Waals surface area contributed by atoms with Crippen molar-refractivity contribution in [1.82, 2.24) is 9.38 Å². The number of nitrogens with zero attached hydrogens (tertiary/aromatic N) is 2. The van der Waals surface area contributed by atoms with Crippen LogP contribution >= 0.6 is 11.8 Å². The van der Waals surface area contributed by atoms with Gasteiger partial charge < -0.3 is 0 Å². The molecule has 1 saturated carbocycles. The zero-order valence-electron chi connectivity index (χ0n) is 10.2. The van der Waals surface area contributed by atoms with Crippen molar-refractivity contribution >= 4 is 17.4 Å². The molecule has 0 unspecified atom stereocenters. The van der Waals surface area contributed by atoms with Gasteiger partial charge in [-0.1, -0.05) is 12.8 Å². The molecule has 3 rings (SSSR count). The molecule has 0 atom stereocenters. The van der Waals surface area contributed by atoms with E-state index in [2.05, 4.69) is 4.98 Å². The van der Waals surface area contributed by atoms with Crippen LogP contribution in [0.3, 0.4) is 0 Å². The lowest BCUT2D eigenvalue weighted by molar-refractivity contribution is -0.137. The van der Waals surface area contributed by atoms with Gasteiger partial charge in [-0.05, 0) is 25.0 Å². The van der Waals surface area contributed by atoms with Crippen LogP contribution in [-0.2, 0) is 6.18 Å². The third-order valence-corrected chi connectivity index (χ3v) is 4.75. The van der Waals surface area contributed by atoms with Gasteiger partial charge in [-0.25, -0.2) is 4.98 Å². The summed E-state index contributed by atoms with van der Waals surface area (Å²) < 4.78 is 40.3. The number of imidazole rings is 1. The normalized spacial score (nSPS) is 17.4. The largest absolute Gasteiger partial charge is 0.416 e. The Hall–Kier alpha value is -1.17. The molecule has 0 spiro atoms. The summed E-state index contributed by atoms with van der Waals surface area (Å²) in [5.41, 5.74) is -0.262. The van der Waals surface area contributed by atoms with Gasteiger partial charge in [0.25, 0.3) is 0 Å². The van der Waals surface area contributed by atoms with Crippen LogP contribution in [0.25, 0.3) is 5.65 Å². The van der Waals surface area contributed by atoms with Crippen LogP contribution in [0.4, 0.5) is 13.2 Å². The molecule has 0 aromatic carbocycles. The number of fused-ring (bicyclic) bond motifs is 1. The van der Waals surface area contributed by atoms with Gasteiger partial charge in [0.05, 0.1) is 10.6 Å². The summed E-state index contributed by atoms with van der Waals surface area (Å²) in [4.78, 5) is 3.98. The summed E-state index contributed by atoms with van der Waals surface area (Å²) in [6.07, 6.45) is 3.43. The maximum atomic E-state index is 12.9. The van der Waals surface area contributed by atoms with E-state index in [0.29, 0.717) is 15.9 Å². The molecule has 1 aliphatic rings. The monoisotopic (exact) mass is 286 g/mol. The highest BCUT2D eigenvalue weighted by Crippen LogP contribution is 2.38. The lowest BCUT2D eigenvalue weighted by atomic mass is 10.2. The number of rotatable bonds is 2. The van der Waals surface area contributed by atoms with Crippen LogP contribution in [-0.4, -0.2) is 14.6 Å². The Bertz CT molecular complexity index is 585. The van der Waals surface area contributed by atoms with Crippen molar-refractivity contribution in [3.8, 4) is 0 Å². The van der Waals surface area contributed by atoms with E-state index in [9.17, 15) is 13.2 Å². The second-order valence-electron chi connectivity index (χ2n) is 4.76. The van der Waals surface area contributed by atoms with E-state index in [4.69, 9.17) is 0 Å². The second kappa shape index (κ2) is 4.74. The van der Waals surface area contributed by atoms with Crippen LogP contribution in [0.5, 0.6) is 0 Å². The summed E-state index contributed by atoms with van der Waals surface area (Å²) >= 11 is 1.54. The van der Waals surface area contributed by atoms with Gasteiger partial charge in [-0.3, -0.25) is 4.40 Å². The molecule has 0 amide bonds. The summed E-state index contributed by atoms with van der Waals surface area (Å²) in [6, 6.07) is 2.33. The average Bonchev–Trinajstić information content (AvgIpc) is 2.97. The van der Waals surface area contributed by atoms with Gasteiger partial charge in [-0.15, -0.1) is 11.8 Å². The van der Waals surface area contributed by atoms with Crippen molar-refractivity contribution in [2.24, 2.45) is 0 Å². The zero-order valence-corrected chi connectivity index (χ0v) is 11.0. The Kier molecular flexibility index (Phi) is 3.20. The maximum Gasteiger partial charge on any atom is 0.416 e. The number of alkyl halides is 3. The molecule has 0 N–H and O–H groups in total. The third kappa shape index (κ3) is 2.59.